The Morgan fingerprint density at radius 3 is 2.86 bits per heavy atom. The number of hydrogen-bond donors (Lipinski definition) is 1. The predicted octanol–water partition coefficient (Wildman–Crippen LogP) is 1.52. The van der Waals surface area contributed by atoms with Gasteiger partial charge >= 0.3 is 5.97 Å². The van der Waals surface area contributed by atoms with E-state index in [0.29, 0.717) is 23.1 Å². The van der Waals surface area contributed by atoms with Gasteiger partial charge in [-0.3, -0.25) is 0 Å². The van der Waals surface area contributed by atoms with Crippen molar-refractivity contribution in [3.63, 3.8) is 0 Å². The van der Waals surface area contributed by atoms with Crippen LogP contribution in [-0.4, -0.2) is 50.7 Å². The highest BCUT2D eigenvalue weighted by molar-refractivity contribution is 7.18. The summed E-state index contributed by atoms with van der Waals surface area (Å²) in [6.45, 7) is 3.74. The molecule has 6 nitrogen and oxygen atoms in total. The summed E-state index contributed by atoms with van der Waals surface area (Å²) in [5.74, 6) is -0.453. The van der Waals surface area contributed by atoms with E-state index >= 15 is 0 Å². The van der Waals surface area contributed by atoms with Gasteiger partial charge in [-0.15, -0.1) is 11.3 Å². The molecule has 0 radical (unpaired) electrons. The van der Waals surface area contributed by atoms with Crippen LogP contribution in [0.2, 0.25) is 0 Å². The van der Waals surface area contributed by atoms with E-state index in [4.69, 9.17) is 10.5 Å². The summed E-state index contributed by atoms with van der Waals surface area (Å²) < 4.78 is 5.00. The Morgan fingerprint density at radius 1 is 1.62 bits per heavy atom. The highest BCUT2D eigenvalue weighted by Crippen LogP contribution is 2.39. The van der Waals surface area contributed by atoms with E-state index in [1.54, 1.807) is 6.92 Å². The molecule has 1 atom stereocenters. The SMILES string of the molecule is CCOC(=O)c1sc(N2CCC(N(C)C)C2)c(C#N)c1N. The molecule has 2 heterocycles. The van der Waals surface area contributed by atoms with Crippen molar-refractivity contribution < 1.29 is 9.53 Å². The summed E-state index contributed by atoms with van der Waals surface area (Å²) >= 11 is 1.26. The third kappa shape index (κ3) is 2.96. The number of ether oxygens (including phenoxy) is 1. The second kappa shape index (κ2) is 6.33. The van der Waals surface area contributed by atoms with Crippen molar-refractivity contribution in [1.29, 1.82) is 5.26 Å². The summed E-state index contributed by atoms with van der Waals surface area (Å²) in [5.41, 5.74) is 6.59. The molecule has 7 heteroatoms. The first-order chi connectivity index (χ1) is 9.99. The van der Waals surface area contributed by atoms with Crippen LogP contribution >= 0.6 is 11.3 Å². The molecule has 0 amide bonds. The zero-order valence-corrected chi connectivity index (χ0v) is 13.4. The Balaban J connectivity index is 2.31. The number of nitrogens with two attached hydrogens (primary N) is 1. The highest BCUT2D eigenvalue weighted by Gasteiger charge is 2.30. The van der Waals surface area contributed by atoms with Gasteiger partial charge in [-0.1, -0.05) is 0 Å². The van der Waals surface area contributed by atoms with E-state index in [2.05, 4.69) is 15.9 Å². The lowest BCUT2D eigenvalue weighted by Gasteiger charge is -2.20. The van der Waals surface area contributed by atoms with Crippen LogP contribution in [0.1, 0.15) is 28.6 Å². The minimum absolute atomic E-state index is 0.240. The second-order valence-corrected chi connectivity index (χ2v) is 6.21. The van der Waals surface area contributed by atoms with Crippen LogP contribution in [0, 0.1) is 11.3 Å². The molecule has 114 valence electrons. The summed E-state index contributed by atoms with van der Waals surface area (Å²) in [7, 11) is 4.10. The fourth-order valence-electron chi connectivity index (χ4n) is 2.46. The molecule has 0 bridgehead atoms. The minimum Gasteiger partial charge on any atom is -0.462 e. The Morgan fingerprint density at radius 2 is 2.33 bits per heavy atom. The van der Waals surface area contributed by atoms with Gasteiger partial charge in [0.1, 0.15) is 21.5 Å². The first-order valence-corrected chi connectivity index (χ1v) is 7.72. The molecule has 0 spiro atoms. The van der Waals surface area contributed by atoms with E-state index in [9.17, 15) is 10.1 Å². The number of rotatable bonds is 4. The van der Waals surface area contributed by atoms with E-state index in [0.717, 1.165) is 24.5 Å². The molecule has 0 saturated carbocycles. The monoisotopic (exact) mass is 308 g/mol. The summed E-state index contributed by atoms with van der Waals surface area (Å²) in [4.78, 5) is 16.5. The maximum absolute atomic E-state index is 11.9. The maximum Gasteiger partial charge on any atom is 0.350 e. The zero-order valence-electron chi connectivity index (χ0n) is 12.5. The number of thiophene rings is 1. The van der Waals surface area contributed by atoms with E-state index < -0.39 is 5.97 Å². The van der Waals surface area contributed by atoms with Gasteiger partial charge in [-0.05, 0) is 27.4 Å². The van der Waals surface area contributed by atoms with Gasteiger partial charge in [0.25, 0.3) is 0 Å². The standard InChI is InChI=1S/C14H20N4O2S/c1-4-20-14(19)12-11(16)10(7-15)13(21-12)18-6-5-9(8-18)17(2)3/h9H,4-6,8,16H2,1-3H3. The second-order valence-electron chi connectivity index (χ2n) is 5.21. The molecule has 1 saturated heterocycles. The summed E-state index contributed by atoms with van der Waals surface area (Å²) in [6, 6.07) is 2.57. The molecule has 1 fully saturated rings. The fraction of sp³-hybridized carbons (Fsp3) is 0.571. The topological polar surface area (TPSA) is 82.6 Å². The van der Waals surface area contributed by atoms with Crippen LogP contribution in [0.25, 0.3) is 0 Å². The smallest absolute Gasteiger partial charge is 0.350 e. The molecule has 1 aliphatic rings. The average molecular weight is 308 g/mol. The van der Waals surface area contributed by atoms with Crippen molar-refractivity contribution in [2.75, 3.05) is 44.4 Å². The van der Waals surface area contributed by atoms with Crippen molar-refractivity contribution in [2.24, 2.45) is 0 Å². The number of nitrogen functional groups attached to an aromatic ring is 1. The van der Waals surface area contributed by atoms with Crippen molar-refractivity contribution in [2.45, 2.75) is 19.4 Å². The Hall–Kier alpha value is -1.78. The molecule has 21 heavy (non-hydrogen) atoms. The number of carbonyl (C=O) groups excluding carboxylic acids is 1. The highest BCUT2D eigenvalue weighted by atomic mass is 32.1. The Bertz CT molecular complexity index is 576. The van der Waals surface area contributed by atoms with Gasteiger partial charge in [0.05, 0.1) is 12.3 Å². The van der Waals surface area contributed by atoms with Crippen molar-refractivity contribution in [3.8, 4) is 6.07 Å². The number of anilines is 2. The summed E-state index contributed by atoms with van der Waals surface area (Å²) in [6.07, 6.45) is 1.03. The number of hydrogen-bond acceptors (Lipinski definition) is 7. The molecule has 1 aromatic heterocycles. The number of nitrogens with zero attached hydrogens (tertiary/aromatic N) is 3. The third-order valence-electron chi connectivity index (χ3n) is 3.68. The fourth-order valence-corrected chi connectivity index (χ4v) is 3.56. The molecular formula is C14H20N4O2S. The quantitative estimate of drug-likeness (QED) is 0.849. The lowest BCUT2D eigenvalue weighted by molar-refractivity contribution is 0.0533. The molecule has 0 aromatic carbocycles. The van der Waals surface area contributed by atoms with E-state index in [-0.39, 0.29) is 5.69 Å². The molecule has 1 aromatic rings. The van der Waals surface area contributed by atoms with Gasteiger partial charge in [-0.2, -0.15) is 5.26 Å². The lowest BCUT2D eigenvalue weighted by atomic mass is 10.2. The van der Waals surface area contributed by atoms with Crippen LogP contribution in [-0.2, 0) is 4.74 Å². The number of likely N-dealkylation sites (N-methyl/N-ethyl adjacent to an activating group) is 1. The normalized spacial score (nSPS) is 18.0. The van der Waals surface area contributed by atoms with Crippen molar-refractivity contribution in [3.05, 3.63) is 10.4 Å². The van der Waals surface area contributed by atoms with E-state index in [1.165, 1.54) is 11.3 Å². The van der Waals surface area contributed by atoms with Gasteiger partial charge in [0.2, 0.25) is 0 Å². The number of nitriles is 1. The Labute approximate surface area is 128 Å². The lowest BCUT2D eigenvalue weighted by Crippen LogP contribution is -2.31. The Kier molecular flexibility index (Phi) is 4.70. The zero-order chi connectivity index (χ0) is 15.6. The van der Waals surface area contributed by atoms with Crippen LogP contribution in [0.3, 0.4) is 0 Å². The van der Waals surface area contributed by atoms with Gasteiger partial charge in [0, 0.05) is 19.1 Å². The van der Waals surface area contributed by atoms with Crippen LogP contribution in [0.15, 0.2) is 0 Å². The molecule has 1 unspecified atom stereocenters. The predicted molar refractivity (Wildman–Crippen MR) is 83.7 cm³/mol. The van der Waals surface area contributed by atoms with Gasteiger partial charge in [-0.25, -0.2) is 4.79 Å². The largest absolute Gasteiger partial charge is 0.462 e. The minimum atomic E-state index is -0.453. The van der Waals surface area contributed by atoms with Crippen LogP contribution < -0.4 is 10.6 Å². The average Bonchev–Trinajstić information content (AvgIpc) is 3.03. The number of carbonyl (C=O) groups is 1. The molecule has 0 aliphatic carbocycles. The first-order valence-electron chi connectivity index (χ1n) is 6.90. The van der Waals surface area contributed by atoms with E-state index in [1.807, 2.05) is 14.1 Å². The third-order valence-corrected chi connectivity index (χ3v) is 4.93. The maximum atomic E-state index is 11.9. The van der Waals surface area contributed by atoms with Crippen LogP contribution in [0.5, 0.6) is 0 Å². The molecule has 2 rings (SSSR count). The van der Waals surface area contributed by atoms with Crippen molar-refractivity contribution in [1.82, 2.24) is 4.90 Å². The molecular weight excluding hydrogens is 288 g/mol. The summed E-state index contributed by atoms with van der Waals surface area (Å²) in [5, 5.41) is 10.1. The molecule has 2 N–H and O–H groups in total. The van der Waals surface area contributed by atoms with Gasteiger partial charge < -0.3 is 20.3 Å². The first kappa shape index (κ1) is 15.6. The van der Waals surface area contributed by atoms with Crippen molar-refractivity contribution >= 4 is 28.0 Å². The molecule has 1 aliphatic heterocycles. The van der Waals surface area contributed by atoms with Crippen LogP contribution in [0.4, 0.5) is 10.7 Å². The van der Waals surface area contributed by atoms with Gasteiger partial charge in [0.15, 0.2) is 0 Å². The number of esters is 1.